The maximum absolute atomic E-state index is 13.3. The van der Waals surface area contributed by atoms with E-state index in [1.807, 2.05) is 12.1 Å². The van der Waals surface area contributed by atoms with E-state index < -0.39 is 0 Å². The van der Waals surface area contributed by atoms with Crippen LogP contribution in [0.5, 0.6) is 0 Å². The Morgan fingerprint density at radius 3 is 2.85 bits per heavy atom. The summed E-state index contributed by atoms with van der Waals surface area (Å²) in [5, 5.41) is 3.29. The molecule has 3 rings (SSSR count). The summed E-state index contributed by atoms with van der Waals surface area (Å²) in [5.41, 5.74) is 3.27. The minimum absolute atomic E-state index is 0.0369. The number of amides is 1. The first-order chi connectivity index (χ1) is 9.54. The van der Waals surface area contributed by atoms with Gasteiger partial charge in [-0.2, -0.15) is 0 Å². The molecule has 2 nitrogen and oxygen atoms in total. The van der Waals surface area contributed by atoms with E-state index in [1.165, 1.54) is 12.1 Å². The Hall–Kier alpha value is -1.39. The monoisotopic (exact) mass is 353 g/mol. The molecule has 1 heterocycles. The predicted octanol–water partition coefficient (Wildman–Crippen LogP) is 4.46. The van der Waals surface area contributed by atoms with E-state index in [9.17, 15) is 9.18 Å². The van der Waals surface area contributed by atoms with Crippen molar-refractivity contribution in [2.75, 3.05) is 5.32 Å². The number of hydrogen-bond donors (Lipinski definition) is 1. The topological polar surface area (TPSA) is 29.1 Å². The number of anilines is 1. The maximum atomic E-state index is 13.3. The van der Waals surface area contributed by atoms with Crippen LogP contribution in [0.25, 0.3) is 0 Å². The SMILES string of the molecule is O=C1Cc2cc(C(Br)c3cccc(F)c3)c(Cl)cc2N1. The van der Waals surface area contributed by atoms with Gasteiger partial charge in [0.1, 0.15) is 5.82 Å². The number of benzene rings is 2. The van der Waals surface area contributed by atoms with Gasteiger partial charge < -0.3 is 5.32 Å². The fourth-order valence-electron chi connectivity index (χ4n) is 2.31. The molecular weight excluding hydrogens is 345 g/mol. The first-order valence-electron chi connectivity index (χ1n) is 6.06. The highest BCUT2D eigenvalue weighted by atomic mass is 79.9. The van der Waals surface area contributed by atoms with Crippen molar-refractivity contribution in [2.24, 2.45) is 0 Å². The molecule has 2 aromatic rings. The smallest absolute Gasteiger partial charge is 0.228 e. The van der Waals surface area contributed by atoms with Gasteiger partial charge in [0.05, 0.1) is 11.2 Å². The highest BCUT2D eigenvalue weighted by molar-refractivity contribution is 9.09. The van der Waals surface area contributed by atoms with Crippen LogP contribution in [0.3, 0.4) is 0 Å². The number of hydrogen-bond acceptors (Lipinski definition) is 1. The van der Waals surface area contributed by atoms with Crippen molar-refractivity contribution < 1.29 is 9.18 Å². The Kier molecular flexibility index (Phi) is 3.52. The number of nitrogens with one attached hydrogen (secondary N) is 1. The van der Waals surface area contributed by atoms with Crippen molar-refractivity contribution in [1.82, 2.24) is 0 Å². The Balaban J connectivity index is 2.02. The Labute approximate surface area is 129 Å². The van der Waals surface area contributed by atoms with Crippen molar-refractivity contribution in [3.05, 3.63) is 63.9 Å². The van der Waals surface area contributed by atoms with Crippen molar-refractivity contribution in [1.29, 1.82) is 0 Å². The molecule has 0 radical (unpaired) electrons. The second-order valence-corrected chi connectivity index (χ2v) is 6.00. The third-order valence-corrected chi connectivity index (χ3v) is 4.61. The highest BCUT2D eigenvalue weighted by Gasteiger charge is 2.22. The zero-order chi connectivity index (χ0) is 14.3. The molecule has 0 spiro atoms. The second-order valence-electron chi connectivity index (χ2n) is 4.67. The first-order valence-corrected chi connectivity index (χ1v) is 7.35. The summed E-state index contributed by atoms with van der Waals surface area (Å²) in [4.78, 5) is 11.2. The fourth-order valence-corrected chi connectivity index (χ4v) is 3.37. The number of fused-ring (bicyclic) bond motifs is 1. The highest BCUT2D eigenvalue weighted by Crippen LogP contribution is 2.39. The number of carbonyl (C=O) groups is 1. The van der Waals surface area contributed by atoms with E-state index in [4.69, 9.17) is 11.6 Å². The molecule has 1 N–H and O–H groups in total. The summed E-state index contributed by atoms with van der Waals surface area (Å²) in [6.45, 7) is 0. The molecule has 0 bridgehead atoms. The fraction of sp³-hybridized carbons (Fsp3) is 0.133. The van der Waals surface area contributed by atoms with E-state index in [0.29, 0.717) is 11.4 Å². The number of alkyl halides is 1. The summed E-state index contributed by atoms with van der Waals surface area (Å²) in [7, 11) is 0. The van der Waals surface area contributed by atoms with Crippen molar-refractivity contribution in [3.63, 3.8) is 0 Å². The van der Waals surface area contributed by atoms with Gasteiger partial charge in [-0.3, -0.25) is 4.79 Å². The zero-order valence-corrected chi connectivity index (χ0v) is 12.6. The van der Waals surface area contributed by atoms with E-state index in [1.54, 1.807) is 12.1 Å². The quantitative estimate of drug-likeness (QED) is 0.793. The van der Waals surface area contributed by atoms with E-state index >= 15 is 0 Å². The lowest BCUT2D eigenvalue weighted by molar-refractivity contribution is -0.115. The van der Waals surface area contributed by atoms with Gasteiger partial charge in [-0.05, 0) is 34.9 Å². The lowest BCUT2D eigenvalue weighted by atomic mass is 10.0. The predicted molar refractivity (Wildman–Crippen MR) is 81.0 cm³/mol. The zero-order valence-electron chi connectivity index (χ0n) is 10.3. The molecule has 2 aromatic carbocycles. The van der Waals surface area contributed by atoms with Crippen LogP contribution in [0, 0.1) is 5.82 Å². The normalized spacial score (nSPS) is 14.8. The van der Waals surface area contributed by atoms with Gasteiger partial charge in [0, 0.05) is 10.7 Å². The summed E-state index contributed by atoms with van der Waals surface area (Å²) < 4.78 is 13.3. The van der Waals surface area contributed by atoms with Crippen LogP contribution in [-0.4, -0.2) is 5.91 Å². The molecule has 1 aliphatic rings. The van der Waals surface area contributed by atoms with Gasteiger partial charge in [0.15, 0.2) is 0 Å². The Bertz CT molecular complexity index is 704. The average molecular weight is 355 g/mol. The standard InChI is InChI=1S/C15H10BrClFNO/c16-15(8-2-1-3-10(18)4-8)11-5-9-6-14(20)19-13(9)7-12(11)17/h1-5,7,15H,6H2,(H,19,20). The van der Waals surface area contributed by atoms with E-state index in [0.717, 1.165) is 22.4 Å². The molecule has 0 aromatic heterocycles. The van der Waals surface area contributed by atoms with Crippen molar-refractivity contribution in [2.45, 2.75) is 11.2 Å². The van der Waals surface area contributed by atoms with Crippen LogP contribution in [-0.2, 0) is 11.2 Å². The van der Waals surface area contributed by atoms with Crippen LogP contribution in [0.2, 0.25) is 5.02 Å². The first kappa shape index (κ1) is 13.6. The van der Waals surface area contributed by atoms with Crippen LogP contribution >= 0.6 is 27.5 Å². The van der Waals surface area contributed by atoms with Gasteiger partial charge in [-0.15, -0.1) is 0 Å². The van der Waals surface area contributed by atoms with E-state index in [2.05, 4.69) is 21.2 Å². The van der Waals surface area contributed by atoms with Gasteiger partial charge in [0.2, 0.25) is 5.91 Å². The third-order valence-electron chi connectivity index (χ3n) is 3.26. The number of carbonyl (C=O) groups excluding carboxylic acids is 1. The number of halogens is 3. The Morgan fingerprint density at radius 2 is 2.10 bits per heavy atom. The molecule has 1 atom stereocenters. The summed E-state index contributed by atoms with van der Waals surface area (Å²) >= 11 is 9.81. The molecule has 1 aliphatic heterocycles. The van der Waals surface area contributed by atoms with Crippen LogP contribution in [0.4, 0.5) is 10.1 Å². The molecule has 0 saturated carbocycles. The van der Waals surface area contributed by atoms with Gasteiger partial charge in [-0.1, -0.05) is 45.7 Å². The lowest BCUT2D eigenvalue weighted by Gasteiger charge is -2.14. The van der Waals surface area contributed by atoms with Crippen molar-refractivity contribution in [3.8, 4) is 0 Å². The largest absolute Gasteiger partial charge is 0.325 e. The molecule has 1 amide bonds. The molecular formula is C15H10BrClFNO. The molecule has 20 heavy (non-hydrogen) atoms. The van der Waals surface area contributed by atoms with E-state index in [-0.39, 0.29) is 16.6 Å². The van der Waals surface area contributed by atoms with Crippen LogP contribution in [0.15, 0.2) is 36.4 Å². The Morgan fingerprint density at radius 1 is 1.30 bits per heavy atom. The van der Waals surface area contributed by atoms with Gasteiger partial charge in [-0.25, -0.2) is 4.39 Å². The molecule has 102 valence electrons. The summed E-state index contributed by atoms with van der Waals surface area (Å²) in [5.74, 6) is -0.328. The minimum Gasteiger partial charge on any atom is -0.325 e. The second kappa shape index (κ2) is 5.19. The number of rotatable bonds is 2. The molecule has 1 unspecified atom stereocenters. The van der Waals surface area contributed by atoms with Gasteiger partial charge >= 0.3 is 0 Å². The summed E-state index contributed by atoms with van der Waals surface area (Å²) in [6.07, 6.45) is 0.350. The lowest BCUT2D eigenvalue weighted by Crippen LogP contribution is -2.03. The minimum atomic E-state index is -0.291. The molecule has 0 fully saturated rings. The average Bonchev–Trinajstić information content (AvgIpc) is 2.76. The van der Waals surface area contributed by atoms with Gasteiger partial charge in [0.25, 0.3) is 0 Å². The van der Waals surface area contributed by atoms with Crippen LogP contribution in [0.1, 0.15) is 21.5 Å². The van der Waals surface area contributed by atoms with Crippen LogP contribution < -0.4 is 5.32 Å². The third kappa shape index (κ3) is 2.45. The molecule has 5 heteroatoms. The molecule has 0 saturated heterocycles. The van der Waals surface area contributed by atoms with Crippen molar-refractivity contribution >= 4 is 39.1 Å². The summed E-state index contributed by atoms with van der Waals surface area (Å²) in [6, 6.07) is 9.98. The molecule has 0 aliphatic carbocycles. The maximum Gasteiger partial charge on any atom is 0.228 e.